The zero-order valence-electron chi connectivity index (χ0n) is 3.44. The molecule has 0 rings (SSSR count). The number of hydrogen-bond donors (Lipinski definition) is 3. The van der Waals surface area contributed by atoms with Gasteiger partial charge in [0.2, 0.25) is 0 Å². The molecule has 0 aliphatic heterocycles. The Balaban J connectivity index is 2.83. The molecular formula is C3H8N2S. The molecule has 0 bridgehead atoms. The third kappa shape index (κ3) is 3.82. The number of nitrogens with one attached hydrogen (secondary N) is 1. The van der Waals surface area contributed by atoms with E-state index >= 15 is 0 Å². The molecule has 0 aliphatic carbocycles. The molecule has 0 aromatic carbocycles. The summed E-state index contributed by atoms with van der Waals surface area (Å²) in [7, 11) is 0. The number of amidine groups is 1. The van der Waals surface area contributed by atoms with E-state index in [1.807, 2.05) is 0 Å². The Morgan fingerprint density at radius 3 is 2.33 bits per heavy atom. The van der Waals surface area contributed by atoms with Crippen LogP contribution in [-0.2, 0) is 0 Å². The smallest absolute Gasteiger partial charge is 0.0913 e. The maximum Gasteiger partial charge on any atom is 0.0913 e. The minimum Gasteiger partial charge on any atom is -0.388 e. The highest BCUT2D eigenvalue weighted by molar-refractivity contribution is 7.80. The summed E-state index contributed by atoms with van der Waals surface area (Å²) in [4.78, 5) is 0. The second kappa shape index (κ2) is 3.03. The summed E-state index contributed by atoms with van der Waals surface area (Å²) in [6, 6.07) is 0. The number of nitrogens with two attached hydrogens (primary N) is 1. The summed E-state index contributed by atoms with van der Waals surface area (Å²) in [5, 5.41) is 6.62. The zero-order chi connectivity index (χ0) is 4.99. The van der Waals surface area contributed by atoms with E-state index in [-0.39, 0.29) is 5.84 Å². The molecule has 0 fully saturated rings. The van der Waals surface area contributed by atoms with Gasteiger partial charge in [-0.3, -0.25) is 5.41 Å². The van der Waals surface area contributed by atoms with Crippen LogP contribution >= 0.6 is 12.6 Å². The average molecular weight is 104 g/mol. The Hall–Kier alpha value is -0.180. The van der Waals surface area contributed by atoms with Crippen LogP contribution in [0.2, 0.25) is 0 Å². The van der Waals surface area contributed by atoms with Gasteiger partial charge < -0.3 is 5.73 Å². The fourth-order valence-corrected chi connectivity index (χ4v) is 0.361. The molecule has 0 heterocycles. The summed E-state index contributed by atoms with van der Waals surface area (Å²) >= 11 is 3.84. The maximum atomic E-state index is 6.62. The Labute approximate surface area is 42.6 Å². The van der Waals surface area contributed by atoms with Crippen molar-refractivity contribution in [1.29, 1.82) is 5.41 Å². The molecule has 0 aromatic heterocycles. The minimum absolute atomic E-state index is 0.213. The first kappa shape index (κ1) is 5.82. The molecule has 3 heteroatoms. The van der Waals surface area contributed by atoms with Crippen LogP contribution < -0.4 is 5.73 Å². The second-order valence-corrected chi connectivity index (χ2v) is 1.45. The van der Waals surface area contributed by atoms with Crippen molar-refractivity contribution < 1.29 is 0 Å². The second-order valence-electron chi connectivity index (χ2n) is 0.999. The third-order valence-corrected chi connectivity index (χ3v) is 0.605. The molecule has 0 amide bonds. The summed E-state index contributed by atoms with van der Waals surface area (Å²) in [5.41, 5.74) is 4.94. The van der Waals surface area contributed by atoms with Crippen LogP contribution in [0.5, 0.6) is 0 Å². The molecule has 0 saturated carbocycles. The Morgan fingerprint density at radius 2 is 2.33 bits per heavy atom. The molecule has 0 aromatic rings. The standard InChI is InChI=1S/C3H8N2S/c4-3(5)1-2-6/h6H,1-2H2,(H3,4,5). The van der Waals surface area contributed by atoms with Crippen LogP contribution in [-0.4, -0.2) is 11.6 Å². The number of rotatable bonds is 2. The van der Waals surface area contributed by atoms with Crippen molar-refractivity contribution in [2.45, 2.75) is 6.42 Å². The van der Waals surface area contributed by atoms with Crippen molar-refractivity contribution in [3.05, 3.63) is 0 Å². The molecule has 0 saturated heterocycles. The van der Waals surface area contributed by atoms with Gasteiger partial charge in [-0.2, -0.15) is 12.6 Å². The first-order chi connectivity index (χ1) is 2.77. The molecule has 6 heavy (non-hydrogen) atoms. The van der Waals surface area contributed by atoms with Crippen molar-refractivity contribution in [2.75, 3.05) is 5.75 Å². The van der Waals surface area contributed by atoms with Crippen LogP contribution in [0.3, 0.4) is 0 Å². The fraction of sp³-hybridized carbons (Fsp3) is 0.667. The van der Waals surface area contributed by atoms with Gasteiger partial charge in [-0.05, 0) is 5.75 Å². The van der Waals surface area contributed by atoms with E-state index in [1.165, 1.54) is 0 Å². The van der Waals surface area contributed by atoms with E-state index in [1.54, 1.807) is 0 Å². The Kier molecular flexibility index (Phi) is 2.94. The van der Waals surface area contributed by atoms with Crippen LogP contribution in [0, 0.1) is 5.41 Å². The Morgan fingerprint density at radius 1 is 1.83 bits per heavy atom. The predicted octanol–water partition coefficient (Wildman–Crippen LogP) is 0.242. The SMILES string of the molecule is N=C(N)CCS. The quantitative estimate of drug-likeness (QED) is 0.262. The van der Waals surface area contributed by atoms with Gasteiger partial charge in [0.25, 0.3) is 0 Å². The van der Waals surface area contributed by atoms with Crippen molar-refractivity contribution in [3.63, 3.8) is 0 Å². The monoisotopic (exact) mass is 104 g/mol. The van der Waals surface area contributed by atoms with E-state index < -0.39 is 0 Å². The van der Waals surface area contributed by atoms with Gasteiger partial charge in [0.05, 0.1) is 5.84 Å². The van der Waals surface area contributed by atoms with E-state index in [4.69, 9.17) is 11.1 Å². The molecule has 0 aliphatic rings. The lowest BCUT2D eigenvalue weighted by molar-refractivity contribution is 1.23. The van der Waals surface area contributed by atoms with Crippen LogP contribution in [0.15, 0.2) is 0 Å². The lowest BCUT2D eigenvalue weighted by Gasteiger charge is -1.85. The molecule has 0 spiro atoms. The topological polar surface area (TPSA) is 49.9 Å². The third-order valence-electron chi connectivity index (χ3n) is 0.381. The van der Waals surface area contributed by atoms with Gasteiger partial charge in [0.15, 0.2) is 0 Å². The summed E-state index contributed by atoms with van der Waals surface area (Å²) in [6.45, 7) is 0. The van der Waals surface area contributed by atoms with Crippen molar-refractivity contribution in [2.24, 2.45) is 5.73 Å². The Bertz CT molecular complexity index is 52.8. The lowest BCUT2D eigenvalue weighted by atomic mass is 10.5. The fourth-order valence-electron chi connectivity index (χ4n) is 0.120. The van der Waals surface area contributed by atoms with Crippen molar-refractivity contribution >= 4 is 18.5 Å². The van der Waals surface area contributed by atoms with E-state index in [0.29, 0.717) is 12.2 Å². The summed E-state index contributed by atoms with van der Waals surface area (Å²) < 4.78 is 0. The van der Waals surface area contributed by atoms with Gasteiger partial charge in [0, 0.05) is 6.42 Å². The van der Waals surface area contributed by atoms with Gasteiger partial charge in [0.1, 0.15) is 0 Å². The van der Waals surface area contributed by atoms with Gasteiger partial charge in [-0.1, -0.05) is 0 Å². The molecule has 0 radical (unpaired) electrons. The highest BCUT2D eigenvalue weighted by Crippen LogP contribution is 1.78. The zero-order valence-corrected chi connectivity index (χ0v) is 4.33. The van der Waals surface area contributed by atoms with Crippen molar-refractivity contribution in [1.82, 2.24) is 0 Å². The van der Waals surface area contributed by atoms with E-state index in [2.05, 4.69) is 12.6 Å². The first-order valence-electron chi connectivity index (χ1n) is 1.71. The molecule has 3 N–H and O–H groups in total. The summed E-state index contributed by atoms with van der Waals surface area (Å²) in [5.74, 6) is 0.889. The highest BCUT2D eigenvalue weighted by atomic mass is 32.1. The number of hydrogen-bond acceptors (Lipinski definition) is 2. The summed E-state index contributed by atoms with van der Waals surface area (Å²) in [6.07, 6.45) is 0.600. The highest BCUT2D eigenvalue weighted by Gasteiger charge is 1.79. The molecule has 0 unspecified atom stereocenters. The lowest BCUT2D eigenvalue weighted by Crippen LogP contribution is -2.08. The van der Waals surface area contributed by atoms with Gasteiger partial charge >= 0.3 is 0 Å². The molecular weight excluding hydrogens is 96.1 g/mol. The van der Waals surface area contributed by atoms with Gasteiger partial charge in [-0.25, -0.2) is 0 Å². The average Bonchev–Trinajstić information content (AvgIpc) is 1.35. The molecule has 0 atom stereocenters. The van der Waals surface area contributed by atoms with Crippen LogP contribution in [0.4, 0.5) is 0 Å². The molecule has 36 valence electrons. The van der Waals surface area contributed by atoms with Crippen LogP contribution in [0.1, 0.15) is 6.42 Å². The van der Waals surface area contributed by atoms with E-state index in [0.717, 1.165) is 0 Å². The number of thiol groups is 1. The van der Waals surface area contributed by atoms with E-state index in [9.17, 15) is 0 Å². The first-order valence-corrected chi connectivity index (χ1v) is 2.34. The molecule has 2 nitrogen and oxygen atoms in total. The largest absolute Gasteiger partial charge is 0.388 e. The minimum atomic E-state index is 0.213. The maximum absolute atomic E-state index is 6.62. The van der Waals surface area contributed by atoms with Crippen molar-refractivity contribution in [3.8, 4) is 0 Å². The predicted molar refractivity (Wildman–Crippen MR) is 30.4 cm³/mol. The van der Waals surface area contributed by atoms with Crippen LogP contribution in [0.25, 0.3) is 0 Å². The normalized spacial score (nSPS) is 8.17. The van der Waals surface area contributed by atoms with Gasteiger partial charge in [-0.15, -0.1) is 0 Å².